The number of hydrogen-bond acceptors (Lipinski definition) is 5. The first kappa shape index (κ1) is 20.2. The number of halogens is 3. The van der Waals surface area contributed by atoms with Crippen molar-refractivity contribution in [3.05, 3.63) is 59.4 Å². The molecule has 0 spiro atoms. The Hall–Kier alpha value is -3.10. The highest BCUT2D eigenvalue weighted by Crippen LogP contribution is 2.38. The van der Waals surface area contributed by atoms with Gasteiger partial charge in [0.1, 0.15) is 11.6 Å². The topological polar surface area (TPSA) is 54.0 Å². The number of rotatable bonds is 8. The van der Waals surface area contributed by atoms with E-state index in [4.69, 9.17) is 14.2 Å². The van der Waals surface area contributed by atoms with E-state index in [9.17, 15) is 17.8 Å². The van der Waals surface area contributed by atoms with Crippen molar-refractivity contribution in [1.29, 1.82) is 0 Å². The second kappa shape index (κ2) is 9.02. The number of methoxy groups -OCH3 is 3. The van der Waals surface area contributed by atoms with Crippen LogP contribution < -0.4 is 14.2 Å². The summed E-state index contributed by atoms with van der Waals surface area (Å²) in [6.07, 6.45) is 0.889. The summed E-state index contributed by atoms with van der Waals surface area (Å²) in [7, 11) is 1.01. The summed E-state index contributed by atoms with van der Waals surface area (Å²) in [5.41, 5.74) is 0.222. The quantitative estimate of drug-likeness (QED) is 0.300. The first-order valence-electron chi connectivity index (χ1n) is 7.66. The van der Waals surface area contributed by atoms with Crippen LogP contribution in [0.4, 0.5) is 13.0 Å². The SMILES string of the molecule is COc1cc(C(=O)/C=C(\OB(F)F)c2ccc(F)cc2)cc(OC)c1OC. The molecule has 0 atom stereocenters. The van der Waals surface area contributed by atoms with Crippen LogP contribution in [0.1, 0.15) is 15.9 Å². The van der Waals surface area contributed by atoms with Crippen LogP contribution in [0.3, 0.4) is 0 Å². The minimum Gasteiger partial charge on any atom is -0.505 e. The second-order valence-corrected chi connectivity index (χ2v) is 5.17. The van der Waals surface area contributed by atoms with E-state index in [0.717, 1.165) is 18.2 Å². The van der Waals surface area contributed by atoms with E-state index in [1.54, 1.807) is 0 Å². The summed E-state index contributed by atoms with van der Waals surface area (Å²) in [5, 5.41) is 0. The molecular weight excluding hydrogens is 364 g/mol. The van der Waals surface area contributed by atoms with E-state index in [0.29, 0.717) is 0 Å². The third-order valence-electron chi connectivity index (χ3n) is 3.56. The molecule has 0 heterocycles. The fraction of sp³-hybridized carbons (Fsp3) is 0.167. The van der Waals surface area contributed by atoms with Crippen molar-refractivity contribution in [2.45, 2.75) is 0 Å². The van der Waals surface area contributed by atoms with Crippen molar-refractivity contribution in [3.8, 4) is 17.2 Å². The summed E-state index contributed by atoms with van der Waals surface area (Å²) >= 11 is 0. The van der Waals surface area contributed by atoms with Crippen LogP contribution in [-0.2, 0) is 4.65 Å². The Morgan fingerprint density at radius 1 is 0.926 bits per heavy atom. The predicted octanol–water partition coefficient (Wildman–Crippen LogP) is 4.02. The number of carbonyl (C=O) groups is 1. The molecule has 0 aromatic heterocycles. The number of carbonyl (C=O) groups excluding carboxylic acids is 1. The summed E-state index contributed by atoms with van der Waals surface area (Å²) in [6, 6.07) is 7.36. The summed E-state index contributed by atoms with van der Waals surface area (Å²) in [5.74, 6) is -0.856. The highest BCUT2D eigenvalue weighted by atomic mass is 19.2. The number of ether oxygens (including phenoxy) is 3. The first-order valence-corrected chi connectivity index (χ1v) is 7.66. The Labute approximate surface area is 154 Å². The van der Waals surface area contributed by atoms with E-state index in [1.165, 1.54) is 45.6 Å². The summed E-state index contributed by atoms with van der Waals surface area (Å²) in [6.45, 7) is 0. The Morgan fingerprint density at radius 3 is 1.93 bits per heavy atom. The van der Waals surface area contributed by atoms with Crippen molar-refractivity contribution in [2.75, 3.05) is 21.3 Å². The molecular formula is C18H16BF3O5. The Morgan fingerprint density at radius 2 is 1.48 bits per heavy atom. The van der Waals surface area contributed by atoms with Crippen molar-refractivity contribution >= 4 is 19.0 Å². The van der Waals surface area contributed by atoms with Gasteiger partial charge in [0.05, 0.1) is 21.3 Å². The molecule has 0 amide bonds. The molecule has 0 aliphatic heterocycles. The molecule has 0 saturated carbocycles. The van der Waals surface area contributed by atoms with Crippen LogP contribution in [-0.4, -0.2) is 34.6 Å². The van der Waals surface area contributed by atoms with Gasteiger partial charge in [-0.15, -0.1) is 0 Å². The monoisotopic (exact) mass is 380 g/mol. The zero-order valence-corrected chi connectivity index (χ0v) is 14.8. The Balaban J connectivity index is 2.47. The molecule has 2 aromatic rings. The van der Waals surface area contributed by atoms with Gasteiger partial charge in [0.2, 0.25) is 5.75 Å². The maximum atomic E-state index is 13.1. The minimum absolute atomic E-state index is 0.0991. The molecule has 2 aromatic carbocycles. The lowest BCUT2D eigenvalue weighted by molar-refractivity contribution is 0.104. The molecule has 5 nitrogen and oxygen atoms in total. The lowest BCUT2D eigenvalue weighted by Gasteiger charge is -2.13. The standard InChI is InChI=1S/C18H16BF3O5/c1-24-16-8-12(9-17(25-2)18(16)26-3)14(23)10-15(27-19(21)22)11-4-6-13(20)7-5-11/h4-10H,1-3H3/b15-10-. The van der Waals surface area contributed by atoms with Gasteiger partial charge in [-0.2, -0.15) is 0 Å². The predicted molar refractivity (Wildman–Crippen MR) is 93.9 cm³/mol. The van der Waals surface area contributed by atoms with Crippen molar-refractivity contribution < 1.29 is 36.7 Å². The normalized spacial score (nSPS) is 11.0. The third kappa shape index (κ3) is 4.96. The highest BCUT2D eigenvalue weighted by molar-refractivity contribution is 6.36. The lowest BCUT2D eigenvalue weighted by atomic mass is 10.1. The zero-order chi connectivity index (χ0) is 20.0. The molecule has 2 rings (SSSR count). The molecule has 0 fully saturated rings. The Bertz CT molecular complexity index is 812. The van der Waals surface area contributed by atoms with Crippen LogP contribution in [0.5, 0.6) is 17.2 Å². The van der Waals surface area contributed by atoms with Gasteiger partial charge >= 0.3 is 7.47 Å². The molecule has 0 unspecified atom stereocenters. The highest BCUT2D eigenvalue weighted by Gasteiger charge is 2.22. The van der Waals surface area contributed by atoms with E-state index in [-0.39, 0.29) is 28.4 Å². The number of ketones is 1. The number of benzene rings is 2. The van der Waals surface area contributed by atoms with Gasteiger partial charge in [0.15, 0.2) is 17.3 Å². The van der Waals surface area contributed by atoms with Gasteiger partial charge in [-0.25, -0.2) is 13.0 Å². The lowest BCUT2D eigenvalue weighted by Crippen LogP contribution is -2.07. The van der Waals surface area contributed by atoms with Crippen molar-refractivity contribution in [1.82, 2.24) is 0 Å². The van der Waals surface area contributed by atoms with Crippen LogP contribution in [0.15, 0.2) is 42.5 Å². The average Bonchev–Trinajstić information content (AvgIpc) is 2.66. The molecule has 142 valence electrons. The minimum atomic E-state index is -3.16. The van der Waals surface area contributed by atoms with E-state index in [1.807, 2.05) is 0 Å². The molecule has 0 radical (unpaired) electrons. The maximum Gasteiger partial charge on any atom is 0.796 e. The fourth-order valence-electron chi connectivity index (χ4n) is 2.32. The van der Waals surface area contributed by atoms with Gasteiger partial charge < -0.3 is 18.9 Å². The van der Waals surface area contributed by atoms with Crippen molar-refractivity contribution in [2.24, 2.45) is 0 Å². The molecule has 27 heavy (non-hydrogen) atoms. The maximum absolute atomic E-state index is 13.1. The molecule has 9 heteroatoms. The fourth-order valence-corrected chi connectivity index (χ4v) is 2.32. The molecule has 0 aliphatic carbocycles. The van der Waals surface area contributed by atoms with E-state index in [2.05, 4.69) is 4.65 Å². The van der Waals surface area contributed by atoms with Crippen molar-refractivity contribution in [3.63, 3.8) is 0 Å². The average molecular weight is 380 g/mol. The van der Waals surface area contributed by atoms with E-state index < -0.39 is 24.8 Å². The number of allylic oxidation sites excluding steroid dienone is 1. The van der Waals surface area contributed by atoms with Gasteiger partial charge in [-0.05, 0) is 36.4 Å². The van der Waals surface area contributed by atoms with E-state index >= 15 is 0 Å². The van der Waals surface area contributed by atoms with Crippen LogP contribution in [0.25, 0.3) is 5.76 Å². The smallest absolute Gasteiger partial charge is 0.505 e. The largest absolute Gasteiger partial charge is 0.796 e. The first-order chi connectivity index (χ1) is 12.9. The Kier molecular flexibility index (Phi) is 6.76. The zero-order valence-electron chi connectivity index (χ0n) is 14.8. The third-order valence-corrected chi connectivity index (χ3v) is 3.56. The molecule has 0 saturated heterocycles. The van der Waals surface area contributed by atoms with Crippen LogP contribution in [0.2, 0.25) is 0 Å². The number of hydrogen-bond donors (Lipinski definition) is 0. The van der Waals surface area contributed by atoms with Crippen LogP contribution >= 0.6 is 0 Å². The van der Waals surface area contributed by atoms with Gasteiger partial charge in [-0.1, -0.05) is 0 Å². The van der Waals surface area contributed by atoms with Crippen LogP contribution in [0, 0.1) is 5.82 Å². The second-order valence-electron chi connectivity index (χ2n) is 5.17. The molecule has 0 bridgehead atoms. The van der Waals surface area contributed by atoms with Gasteiger partial charge in [0, 0.05) is 17.2 Å². The van der Waals surface area contributed by atoms with Gasteiger partial charge in [-0.3, -0.25) is 4.79 Å². The molecule has 0 aliphatic rings. The van der Waals surface area contributed by atoms with Gasteiger partial charge in [0.25, 0.3) is 0 Å². The molecule has 0 N–H and O–H groups in total. The summed E-state index contributed by atoms with van der Waals surface area (Å²) in [4.78, 5) is 12.6. The summed E-state index contributed by atoms with van der Waals surface area (Å²) < 4.78 is 58.5.